The monoisotopic (exact) mass is 437 g/mol. The number of nitrogens with zero attached hydrogens (tertiary/aromatic N) is 1. The molecule has 0 amide bonds. The fourth-order valence-electron chi connectivity index (χ4n) is 4.55. The Kier molecular flexibility index (Phi) is 4.76. The number of fused-ring (bicyclic) bond motifs is 3. The molecule has 9 heteroatoms. The van der Waals surface area contributed by atoms with Gasteiger partial charge in [0.25, 0.3) is 0 Å². The first kappa shape index (κ1) is 20.7. The lowest BCUT2D eigenvalue weighted by molar-refractivity contribution is -0.298. The highest BCUT2D eigenvalue weighted by Crippen LogP contribution is 2.57. The number of ether oxygens (including phenoxy) is 5. The zero-order valence-corrected chi connectivity index (χ0v) is 18.6. The molecule has 30 heavy (non-hydrogen) atoms. The zero-order chi connectivity index (χ0) is 21.3. The van der Waals surface area contributed by atoms with Crippen LogP contribution >= 0.6 is 11.8 Å². The van der Waals surface area contributed by atoms with Crippen LogP contribution in [0.3, 0.4) is 0 Å². The van der Waals surface area contributed by atoms with Gasteiger partial charge in [-0.3, -0.25) is 4.79 Å². The van der Waals surface area contributed by atoms with Crippen molar-refractivity contribution < 1.29 is 33.3 Å². The Labute approximate surface area is 180 Å². The molecule has 1 spiro atoms. The van der Waals surface area contributed by atoms with Gasteiger partial charge in [-0.2, -0.15) is 0 Å². The molecular weight excluding hydrogens is 410 g/mol. The Morgan fingerprint density at radius 1 is 1.07 bits per heavy atom. The third-order valence-electron chi connectivity index (χ3n) is 5.64. The summed E-state index contributed by atoms with van der Waals surface area (Å²) >= 11 is 1.48. The van der Waals surface area contributed by atoms with Crippen molar-refractivity contribution >= 4 is 17.7 Å². The van der Waals surface area contributed by atoms with Crippen molar-refractivity contribution in [2.24, 2.45) is 0 Å². The van der Waals surface area contributed by atoms with Crippen LogP contribution in [-0.2, 0) is 39.9 Å². The average molecular weight is 438 g/mol. The first-order valence-electron chi connectivity index (χ1n) is 10.2. The van der Waals surface area contributed by atoms with Gasteiger partial charge < -0.3 is 28.5 Å². The minimum atomic E-state index is -1.10. The lowest BCUT2D eigenvalue weighted by atomic mass is 10.1. The normalized spacial score (nSPS) is 39.1. The van der Waals surface area contributed by atoms with E-state index < -0.39 is 40.9 Å². The fraction of sp³-hybridized carbons (Fsp3) is 0.667. The van der Waals surface area contributed by atoms with Crippen LogP contribution in [0.25, 0.3) is 0 Å². The Morgan fingerprint density at radius 3 is 2.53 bits per heavy atom. The summed E-state index contributed by atoms with van der Waals surface area (Å²) in [6, 6.07) is 8.01. The van der Waals surface area contributed by atoms with Crippen LogP contribution in [0.2, 0.25) is 0 Å². The van der Waals surface area contributed by atoms with Crippen LogP contribution in [0.4, 0.5) is 0 Å². The maximum atomic E-state index is 12.0. The summed E-state index contributed by atoms with van der Waals surface area (Å²) in [6.07, 6.45) is -1.68. The van der Waals surface area contributed by atoms with Crippen molar-refractivity contribution in [2.45, 2.75) is 87.1 Å². The van der Waals surface area contributed by atoms with E-state index in [9.17, 15) is 4.79 Å². The van der Waals surface area contributed by atoms with E-state index in [-0.39, 0.29) is 6.10 Å². The lowest BCUT2D eigenvalue weighted by Crippen LogP contribution is -2.56. The number of rotatable bonds is 2. The topological polar surface area (TPSA) is 75.7 Å². The molecule has 0 N–H and O–H groups in total. The number of hydrogen-bond donors (Lipinski definition) is 0. The Balaban J connectivity index is 1.55. The number of thioether (sulfide) groups is 1. The number of carbonyl (C=O) groups excluding carboxylic acids is 1. The Bertz CT molecular complexity index is 862. The molecule has 8 nitrogen and oxygen atoms in total. The summed E-state index contributed by atoms with van der Waals surface area (Å²) < 4.78 is 31.2. The van der Waals surface area contributed by atoms with E-state index in [2.05, 4.69) is 0 Å². The predicted molar refractivity (Wildman–Crippen MR) is 106 cm³/mol. The van der Waals surface area contributed by atoms with E-state index in [1.54, 1.807) is 5.06 Å². The van der Waals surface area contributed by atoms with Gasteiger partial charge in [-0.1, -0.05) is 35.0 Å². The van der Waals surface area contributed by atoms with Crippen LogP contribution in [0.1, 0.15) is 40.2 Å². The van der Waals surface area contributed by atoms with Crippen molar-refractivity contribution in [3.63, 3.8) is 0 Å². The van der Waals surface area contributed by atoms with E-state index >= 15 is 0 Å². The van der Waals surface area contributed by atoms with Gasteiger partial charge in [0.05, 0.1) is 13.2 Å². The van der Waals surface area contributed by atoms with E-state index in [1.165, 1.54) is 18.7 Å². The summed E-state index contributed by atoms with van der Waals surface area (Å²) in [5.74, 6) is -1.92. The summed E-state index contributed by atoms with van der Waals surface area (Å²) in [5.41, 5.74) is 1.05. The van der Waals surface area contributed by atoms with E-state index in [4.69, 9.17) is 28.5 Å². The molecule has 164 valence electrons. The highest BCUT2D eigenvalue weighted by Gasteiger charge is 2.70. The van der Waals surface area contributed by atoms with Crippen molar-refractivity contribution in [1.29, 1.82) is 0 Å². The smallest absolute Gasteiger partial charge is 0.322 e. The second-order valence-electron chi connectivity index (χ2n) is 8.93. The molecule has 0 aliphatic carbocycles. The van der Waals surface area contributed by atoms with Gasteiger partial charge in [-0.05, 0) is 39.3 Å². The van der Waals surface area contributed by atoms with Crippen LogP contribution in [0.5, 0.6) is 0 Å². The molecule has 0 saturated carbocycles. The second kappa shape index (κ2) is 6.90. The van der Waals surface area contributed by atoms with Gasteiger partial charge in [0.15, 0.2) is 11.6 Å². The maximum absolute atomic E-state index is 12.0. The fourth-order valence-corrected chi connectivity index (χ4v) is 5.93. The van der Waals surface area contributed by atoms with Gasteiger partial charge in [-0.25, -0.2) is 0 Å². The minimum absolute atomic E-state index is 0.332. The third kappa shape index (κ3) is 3.37. The quantitative estimate of drug-likeness (QED) is 0.694. The SMILES string of the molecule is CC(=O)ON1Cc2ccccc2SC12OC(C1COC(C)(C)O1)C1OC(C)(C)OC12. The summed E-state index contributed by atoms with van der Waals surface area (Å²) in [7, 11) is 0. The average Bonchev–Trinajstić information content (AvgIpc) is 3.26. The molecule has 5 unspecified atom stereocenters. The maximum Gasteiger partial charge on any atom is 0.322 e. The van der Waals surface area contributed by atoms with Gasteiger partial charge in [0.2, 0.25) is 5.06 Å². The summed E-state index contributed by atoms with van der Waals surface area (Å²) in [4.78, 5) is 18.7. The molecule has 0 bridgehead atoms. The second-order valence-corrected chi connectivity index (χ2v) is 10.2. The predicted octanol–water partition coefficient (Wildman–Crippen LogP) is 2.80. The van der Waals surface area contributed by atoms with Crippen LogP contribution in [0.15, 0.2) is 29.2 Å². The molecule has 1 aromatic rings. The highest BCUT2D eigenvalue weighted by molar-refractivity contribution is 8.00. The number of benzene rings is 1. The molecule has 0 radical (unpaired) electrons. The van der Waals surface area contributed by atoms with Gasteiger partial charge in [0, 0.05) is 11.8 Å². The molecule has 3 saturated heterocycles. The first-order chi connectivity index (χ1) is 14.1. The summed E-state index contributed by atoms with van der Waals surface area (Å²) in [5, 5.41) is 0.491. The van der Waals surface area contributed by atoms with Crippen LogP contribution in [0, 0.1) is 0 Å². The standard InChI is InChI=1S/C21H27NO7S/c1-12(23)29-22-10-13-8-6-7-9-15(13)30-21(22)18-17(26-20(4,5)28-18)16(27-21)14-11-24-19(2,3)25-14/h6-9,14,16-18H,10-11H2,1-5H3. The van der Waals surface area contributed by atoms with E-state index in [0.29, 0.717) is 13.2 Å². The molecule has 4 aliphatic heterocycles. The molecule has 4 heterocycles. The van der Waals surface area contributed by atoms with E-state index in [1.807, 2.05) is 52.0 Å². The van der Waals surface area contributed by atoms with Gasteiger partial charge in [0.1, 0.15) is 24.4 Å². The van der Waals surface area contributed by atoms with Crippen molar-refractivity contribution in [3.8, 4) is 0 Å². The summed E-state index contributed by atoms with van der Waals surface area (Å²) in [6.45, 7) is 9.66. The number of hydroxylamine groups is 2. The first-order valence-corrected chi connectivity index (χ1v) is 11.0. The van der Waals surface area contributed by atoms with Crippen LogP contribution in [-0.4, -0.2) is 58.7 Å². The Hall–Kier alpha value is -1.20. The third-order valence-corrected chi connectivity index (χ3v) is 7.09. The van der Waals surface area contributed by atoms with Crippen molar-refractivity contribution in [1.82, 2.24) is 5.06 Å². The van der Waals surface area contributed by atoms with Crippen molar-refractivity contribution in [3.05, 3.63) is 29.8 Å². The molecule has 1 aromatic carbocycles. The minimum Gasteiger partial charge on any atom is -0.364 e. The van der Waals surface area contributed by atoms with Crippen LogP contribution < -0.4 is 0 Å². The molecule has 5 rings (SSSR count). The number of carbonyl (C=O) groups is 1. The van der Waals surface area contributed by atoms with Gasteiger partial charge in [-0.15, -0.1) is 0 Å². The Morgan fingerprint density at radius 2 is 1.83 bits per heavy atom. The lowest BCUT2D eigenvalue weighted by Gasteiger charge is -2.44. The molecule has 4 aliphatic rings. The van der Waals surface area contributed by atoms with Gasteiger partial charge >= 0.3 is 5.97 Å². The van der Waals surface area contributed by atoms with E-state index in [0.717, 1.165) is 10.5 Å². The largest absolute Gasteiger partial charge is 0.364 e. The molecular formula is C21H27NO7S. The van der Waals surface area contributed by atoms with Crippen molar-refractivity contribution in [2.75, 3.05) is 6.61 Å². The molecule has 5 atom stereocenters. The highest BCUT2D eigenvalue weighted by atomic mass is 32.2. The molecule has 3 fully saturated rings. The number of hydrogen-bond acceptors (Lipinski definition) is 9. The zero-order valence-electron chi connectivity index (χ0n) is 17.7. The molecule has 0 aromatic heterocycles.